The van der Waals surface area contributed by atoms with Gasteiger partial charge >= 0.3 is 0 Å². The number of benzene rings is 1. The van der Waals surface area contributed by atoms with Gasteiger partial charge in [0.2, 0.25) is 0 Å². The van der Waals surface area contributed by atoms with Crippen molar-refractivity contribution in [1.82, 2.24) is 14.8 Å². The third-order valence-electron chi connectivity index (χ3n) is 4.80. The van der Waals surface area contributed by atoms with E-state index in [0.717, 1.165) is 32.6 Å². The molecule has 2 heterocycles. The van der Waals surface area contributed by atoms with Crippen LogP contribution in [0.2, 0.25) is 0 Å². The van der Waals surface area contributed by atoms with Crippen LogP contribution in [0.15, 0.2) is 12.1 Å². The van der Waals surface area contributed by atoms with Crippen LogP contribution in [-0.2, 0) is 26.6 Å². The molecule has 1 aromatic heterocycles. The fourth-order valence-electron chi connectivity index (χ4n) is 3.39. The van der Waals surface area contributed by atoms with Gasteiger partial charge in [0, 0.05) is 36.7 Å². The molecule has 0 amide bonds. The van der Waals surface area contributed by atoms with Gasteiger partial charge in [-0.3, -0.25) is 4.90 Å². The lowest BCUT2D eigenvalue weighted by molar-refractivity contribution is 0.301. The van der Waals surface area contributed by atoms with Crippen LogP contribution in [0, 0.1) is 6.92 Å². The number of likely N-dealkylation sites (N-methyl/N-ethyl adjacent to an activating group) is 1. The minimum Gasteiger partial charge on any atom is -0.348 e. The highest BCUT2D eigenvalue weighted by Crippen LogP contribution is 2.32. The highest BCUT2D eigenvalue weighted by atomic mass is 15.1. The molecule has 3 heteroatoms. The molecule has 1 N–H and O–H groups in total. The van der Waals surface area contributed by atoms with Gasteiger partial charge in [0.25, 0.3) is 0 Å². The summed E-state index contributed by atoms with van der Waals surface area (Å²) in [5.74, 6) is 0. The lowest BCUT2D eigenvalue weighted by atomic mass is 10.0. The fourth-order valence-corrected chi connectivity index (χ4v) is 3.39. The standard InChI is InChI=1S/C17H25N3/c1-5-20-10-13-8-16-15(6-7-18-3)12(2)19(4)17(16)9-14(13)11-20/h8-9,18H,5-7,10-11H2,1-4H3. The van der Waals surface area contributed by atoms with E-state index in [4.69, 9.17) is 0 Å². The summed E-state index contributed by atoms with van der Waals surface area (Å²) < 4.78 is 2.36. The predicted molar refractivity (Wildman–Crippen MR) is 85.1 cm³/mol. The van der Waals surface area contributed by atoms with Crippen LogP contribution >= 0.6 is 0 Å². The SMILES string of the molecule is CCN1Cc2cc3c(CCNC)c(C)n(C)c3cc2C1. The number of nitrogens with zero attached hydrogens (tertiary/aromatic N) is 2. The first-order valence-electron chi connectivity index (χ1n) is 7.62. The van der Waals surface area contributed by atoms with E-state index in [1.165, 1.54) is 33.3 Å². The van der Waals surface area contributed by atoms with E-state index < -0.39 is 0 Å². The van der Waals surface area contributed by atoms with Crippen LogP contribution in [-0.4, -0.2) is 29.6 Å². The summed E-state index contributed by atoms with van der Waals surface area (Å²) in [7, 11) is 4.22. The lowest BCUT2D eigenvalue weighted by Crippen LogP contribution is -2.14. The second-order valence-electron chi connectivity index (χ2n) is 5.92. The maximum Gasteiger partial charge on any atom is 0.0486 e. The Morgan fingerprint density at radius 1 is 1.20 bits per heavy atom. The largest absolute Gasteiger partial charge is 0.348 e. The minimum atomic E-state index is 1.04. The van der Waals surface area contributed by atoms with Gasteiger partial charge in [0.05, 0.1) is 0 Å². The van der Waals surface area contributed by atoms with Gasteiger partial charge in [-0.2, -0.15) is 0 Å². The van der Waals surface area contributed by atoms with Crippen LogP contribution in [0.3, 0.4) is 0 Å². The van der Waals surface area contributed by atoms with Gasteiger partial charge in [-0.15, -0.1) is 0 Å². The van der Waals surface area contributed by atoms with Crippen LogP contribution in [0.1, 0.15) is 29.3 Å². The maximum absolute atomic E-state index is 3.27. The molecule has 3 nitrogen and oxygen atoms in total. The molecule has 1 aromatic carbocycles. The molecule has 3 rings (SSSR count). The molecule has 0 unspecified atom stereocenters. The van der Waals surface area contributed by atoms with Crippen LogP contribution < -0.4 is 5.32 Å². The Bertz CT molecular complexity index is 639. The zero-order valence-corrected chi connectivity index (χ0v) is 13.1. The molecule has 2 aromatic rings. The molecular weight excluding hydrogens is 246 g/mol. The van der Waals surface area contributed by atoms with Crippen molar-refractivity contribution in [1.29, 1.82) is 0 Å². The van der Waals surface area contributed by atoms with Gasteiger partial charge in [0.1, 0.15) is 0 Å². The summed E-state index contributed by atoms with van der Waals surface area (Å²) in [6.07, 6.45) is 1.11. The van der Waals surface area contributed by atoms with E-state index >= 15 is 0 Å². The van der Waals surface area contributed by atoms with Crippen molar-refractivity contribution in [3.05, 3.63) is 34.5 Å². The Morgan fingerprint density at radius 3 is 2.55 bits per heavy atom. The molecule has 0 saturated heterocycles. The number of aryl methyl sites for hydroxylation is 1. The second kappa shape index (κ2) is 5.23. The molecular formula is C17H25N3. The summed E-state index contributed by atoms with van der Waals surface area (Å²) >= 11 is 0. The predicted octanol–water partition coefficient (Wildman–Crippen LogP) is 2.58. The molecule has 1 aliphatic rings. The lowest BCUT2D eigenvalue weighted by Gasteiger charge is -2.09. The number of nitrogens with one attached hydrogen (secondary N) is 1. The van der Waals surface area contributed by atoms with Gasteiger partial charge in [-0.25, -0.2) is 0 Å². The third-order valence-corrected chi connectivity index (χ3v) is 4.80. The number of rotatable bonds is 4. The molecule has 0 atom stereocenters. The van der Waals surface area contributed by atoms with E-state index in [-0.39, 0.29) is 0 Å². The molecule has 0 bridgehead atoms. The highest BCUT2D eigenvalue weighted by Gasteiger charge is 2.21. The van der Waals surface area contributed by atoms with Crippen molar-refractivity contribution < 1.29 is 0 Å². The second-order valence-corrected chi connectivity index (χ2v) is 5.92. The molecule has 1 aliphatic heterocycles. The first-order valence-corrected chi connectivity index (χ1v) is 7.62. The molecule has 0 radical (unpaired) electrons. The van der Waals surface area contributed by atoms with Crippen molar-refractivity contribution in [3.63, 3.8) is 0 Å². The van der Waals surface area contributed by atoms with E-state index in [2.05, 4.69) is 47.8 Å². The van der Waals surface area contributed by atoms with Crippen molar-refractivity contribution in [2.75, 3.05) is 20.1 Å². The van der Waals surface area contributed by atoms with E-state index in [0.29, 0.717) is 0 Å². The van der Waals surface area contributed by atoms with Crippen LogP contribution in [0.4, 0.5) is 0 Å². The Morgan fingerprint density at radius 2 is 1.90 bits per heavy atom. The smallest absolute Gasteiger partial charge is 0.0486 e. The summed E-state index contributed by atoms with van der Waals surface area (Å²) in [5.41, 5.74) is 7.35. The van der Waals surface area contributed by atoms with Gasteiger partial charge in [0.15, 0.2) is 0 Å². The zero-order valence-electron chi connectivity index (χ0n) is 13.1. The average Bonchev–Trinajstić information content (AvgIpc) is 2.96. The quantitative estimate of drug-likeness (QED) is 0.922. The van der Waals surface area contributed by atoms with Gasteiger partial charge in [-0.05, 0) is 62.3 Å². The van der Waals surface area contributed by atoms with E-state index in [9.17, 15) is 0 Å². The maximum atomic E-state index is 3.27. The van der Waals surface area contributed by atoms with Crippen molar-refractivity contribution in [2.24, 2.45) is 7.05 Å². The highest BCUT2D eigenvalue weighted by molar-refractivity contribution is 5.87. The Hall–Kier alpha value is -1.32. The van der Waals surface area contributed by atoms with Crippen molar-refractivity contribution in [2.45, 2.75) is 33.4 Å². The summed E-state index contributed by atoms with van der Waals surface area (Å²) in [5, 5.41) is 4.72. The summed E-state index contributed by atoms with van der Waals surface area (Å²) in [6, 6.07) is 4.86. The Labute approximate surface area is 121 Å². The fraction of sp³-hybridized carbons (Fsp3) is 0.529. The number of hydrogen-bond acceptors (Lipinski definition) is 2. The topological polar surface area (TPSA) is 20.2 Å². The summed E-state index contributed by atoms with van der Waals surface area (Å²) in [6.45, 7) is 8.89. The Balaban J connectivity index is 2.10. The number of aromatic nitrogens is 1. The number of hydrogen-bond donors (Lipinski definition) is 1. The minimum absolute atomic E-state index is 1.04. The molecule has 0 fully saturated rings. The van der Waals surface area contributed by atoms with Crippen LogP contribution in [0.25, 0.3) is 10.9 Å². The van der Waals surface area contributed by atoms with E-state index in [1.54, 1.807) is 0 Å². The molecule has 20 heavy (non-hydrogen) atoms. The molecule has 0 spiro atoms. The molecule has 0 aliphatic carbocycles. The van der Waals surface area contributed by atoms with Crippen LogP contribution in [0.5, 0.6) is 0 Å². The molecule has 0 saturated carbocycles. The average molecular weight is 271 g/mol. The monoisotopic (exact) mass is 271 g/mol. The van der Waals surface area contributed by atoms with Gasteiger partial charge in [-0.1, -0.05) is 6.92 Å². The van der Waals surface area contributed by atoms with E-state index in [1.807, 2.05) is 7.05 Å². The summed E-state index contributed by atoms with van der Waals surface area (Å²) in [4.78, 5) is 2.50. The normalized spacial score (nSPS) is 15.2. The number of fused-ring (bicyclic) bond motifs is 2. The first-order chi connectivity index (χ1) is 9.65. The van der Waals surface area contributed by atoms with Crippen molar-refractivity contribution in [3.8, 4) is 0 Å². The third kappa shape index (κ3) is 2.05. The molecule has 108 valence electrons. The Kier molecular flexibility index (Phi) is 3.57. The van der Waals surface area contributed by atoms with Crippen molar-refractivity contribution >= 4 is 10.9 Å². The first kappa shape index (κ1) is 13.7. The van der Waals surface area contributed by atoms with Gasteiger partial charge < -0.3 is 9.88 Å². The zero-order chi connectivity index (χ0) is 14.3.